The lowest BCUT2D eigenvalue weighted by molar-refractivity contribution is -0.483. The van der Waals surface area contributed by atoms with Crippen LogP contribution >= 0.6 is 0 Å². The van der Waals surface area contributed by atoms with Crippen LogP contribution in [0, 0.1) is 5.82 Å². The first kappa shape index (κ1) is 17.1. The Kier molecular flexibility index (Phi) is 4.11. The monoisotopic (exact) mass is 347 g/mol. The van der Waals surface area contributed by atoms with Gasteiger partial charge < -0.3 is 25.5 Å². The Morgan fingerprint density at radius 1 is 0.840 bits per heavy atom. The fourth-order valence-electron chi connectivity index (χ4n) is 2.25. The molecule has 0 saturated heterocycles. The lowest BCUT2D eigenvalue weighted by atomic mass is 10.0. The fraction of sp³-hybridized carbons (Fsp3) is 0.125. The number of rotatable bonds is 4. The second-order valence-electron chi connectivity index (χ2n) is 5.35. The van der Waals surface area contributed by atoms with Crippen molar-refractivity contribution in [3.05, 3.63) is 60.8 Å². The summed E-state index contributed by atoms with van der Waals surface area (Å²) >= 11 is 0. The van der Waals surface area contributed by atoms with Crippen LogP contribution in [0.15, 0.2) is 55.0 Å². The van der Waals surface area contributed by atoms with Gasteiger partial charge in [-0.15, -0.1) is 0 Å². The molecule has 0 bridgehead atoms. The highest BCUT2D eigenvalue weighted by Crippen LogP contribution is 2.33. The van der Waals surface area contributed by atoms with Gasteiger partial charge in [-0.25, -0.2) is 9.07 Å². The van der Waals surface area contributed by atoms with E-state index in [1.54, 1.807) is 12.1 Å². The Bertz CT molecular complexity index is 873. The lowest BCUT2D eigenvalue weighted by Crippen LogP contribution is -2.56. The van der Waals surface area contributed by atoms with Crippen molar-refractivity contribution >= 4 is 0 Å². The molecular weight excluding hydrogens is 333 g/mol. The van der Waals surface area contributed by atoms with Crippen LogP contribution in [-0.4, -0.2) is 46.3 Å². The lowest BCUT2D eigenvalue weighted by Gasteiger charge is -2.29. The van der Waals surface area contributed by atoms with Gasteiger partial charge in [0, 0.05) is 29.7 Å². The van der Waals surface area contributed by atoms with Crippen molar-refractivity contribution in [2.45, 2.75) is 11.9 Å². The highest BCUT2D eigenvalue weighted by molar-refractivity contribution is 5.80. The summed E-state index contributed by atoms with van der Waals surface area (Å²) in [5.74, 6) is -7.85. The van der Waals surface area contributed by atoms with Crippen LogP contribution in [0.5, 0.6) is 0 Å². The van der Waals surface area contributed by atoms with Gasteiger partial charge in [0.2, 0.25) is 0 Å². The van der Waals surface area contributed by atoms with E-state index in [4.69, 9.17) is 15.3 Å². The van der Waals surface area contributed by atoms with Crippen molar-refractivity contribution in [1.29, 1.82) is 0 Å². The van der Waals surface area contributed by atoms with Crippen molar-refractivity contribution in [1.82, 2.24) is 14.8 Å². The predicted octanol–water partition coefficient (Wildman–Crippen LogP) is -0.0232. The molecule has 25 heavy (non-hydrogen) atoms. The molecule has 0 amide bonds. The van der Waals surface area contributed by atoms with Gasteiger partial charge in [0.15, 0.2) is 0 Å². The number of hydrogen-bond acceptors (Lipinski definition) is 7. The zero-order valence-electron chi connectivity index (χ0n) is 12.7. The third-order valence-corrected chi connectivity index (χ3v) is 3.59. The van der Waals surface area contributed by atoms with Crippen LogP contribution in [0.25, 0.3) is 22.4 Å². The Morgan fingerprint density at radius 2 is 1.44 bits per heavy atom. The Hall–Kier alpha value is -2.69. The van der Waals surface area contributed by atoms with Gasteiger partial charge in [-0.3, -0.25) is 4.98 Å². The standard InChI is InChI=1S/C16H14FN3O5/c17-12-3-1-11(2-4-12)14-13(10-5-7-18-8-6-10)9-20(19-14)15(21,22)16(23,24)25/h1-9,21-25H. The first-order valence-corrected chi connectivity index (χ1v) is 7.08. The maximum atomic E-state index is 13.2. The second kappa shape index (κ2) is 5.99. The van der Waals surface area contributed by atoms with E-state index >= 15 is 0 Å². The summed E-state index contributed by atoms with van der Waals surface area (Å²) in [4.78, 5) is 3.88. The van der Waals surface area contributed by atoms with E-state index in [1.165, 1.54) is 36.7 Å². The van der Waals surface area contributed by atoms with Crippen LogP contribution in [0.1, 0.15) is 0 Å². The number of hydrogen-bond donors (Lipinski definition) is 5. The van der Waals surface area contributed by atoms with Crippen LogP contribution < -0.4 is 0 Å². The second-order valence-corrected chi connectivity index (χ2v) is 5.35. The summed E-state index contributed by atoms with van der Waals surface area (Å²) < 4.78 is 13.6. The molecule has 0 aliphatic rings. The molecule has 0 spiro atoms. The maximum Gasteiger partial charge on any atom is 0.357 e. The molecule has 130 valence electrons. The van der Waals surface area contributed by atoms with Gasteiger partial charge in [0.05, 0.1) is 0 Å². The summed E-state index contributed by atoms with van der Waals surface area (Å²) in [7, 11) is 0. The molecule has 0 fully saturated rings. The molecule has 2 heterocycles. The smallest absolute Gasteiger partial charge is 0.341 e. The Labute approximate surface area is 140 Å². The number of benzene rings is 1. The molecule has 0 saturated carbocycles. The van der Waals surface area contributed by atoms with Gasteiger partial charge in [-0.1, -0.05) is 0 Å². The van der Waals surface area contributed by atoms with Crippen LogP contribution in [0.4, 0.5) is 4.39 Å². The third kappa shape index (κ3) is 3.14. The van der Waals surface area contributed by atoms with Crippen LogP contribution in [0.3, 0.4) is 0 Å². The molecule has 0 atom stereocenters. The summed E-state index contributed by atoms with van der Waals surface area (Å²) in [6.45, 7) is 0. The average molecular weight is 347 g/mol. The molecule has 0 aliphatic carbocycles. The first-order chi connectivity index (χ1) is 11.7. The number of halogens is 1. The molecule has 3 rings (SSSR count). The molecular formula is C16H14FN3O5. The average Bonchev–Trinajstić information content (AvgIpc) is 3.01. The first-order valence-electron chi connectivity index (χ1n) is 7.08. The van der Waals surface area contributed by atoms with E-state index in [0.717, 1.165) is 6.20 Å². The molecule has 1 aromatic carbocycles. The molecule has 9 heteroatoms. The van der Waals surface area contributed by atoms with Gasteiger partial charge >= 0.3 is 11.9 Å². The highest BCUT2D eigenvalue weighted by Gasteiger charge is 2.50. The molecule has 3 aromatic rings. The summed E-state index contributed by atoms with van der Waals surface area (Å²) in [5.41, 5.74) is 1.58. The zero-order chi connectivity index (χ0) is 18.2. The summed E-state index contributed by atoms with van der Waals surface area (Å²) in [6, 6.07) is 8.48. The minimum atomic E-state index is -3.87. The van der Waals surface area contributed by atoms with Gasteiger partial charge in [0.25, 0.3) is 0 Å². The molecule has 0 radical (unpaired) electrons. The Balaban J connectivity index is 2.21. The van der Waals surface area contributed by atoms with Gasteiger partial charge in [-0.2, -0.15) is 5.10 Å². The summed E-state index contributed by atoms with van der Waals surface area (Å²) in [5, 5.41) is 51.1. The largest absolute Gasteiger partial charge is 0.357 e. The zero-order valence-corrected chi connectivity index (χ0v) is 12.7. The molecule has 2 aromatic heterocycles. The van der Waals surface area contributed by atoms with Gasteiger partial charge in [0.1, 0.15) is 11.5 Å². The minimum Gasteiger partial charge on any atom is -0.341 e. The van der Waals surface area contributed by atoms with Crippen LogP contribution in [-0.2, 0) is 5.91 Å². The van der Waals surface area contributed by atoms with Crippen molar-refractivity contribution in [3.63, 3.8) is 0 Å². The van der Waals surface area contributed by atoms with E-state index in [0.29, 0.717) is 21.4 Å². The minimum absolute atomic E-state index is 0.197. The molecule has 5 N–H and O–H groups in total. The number of pyridine rings is 1. The quantitative estimate of drug-likeness (QED) is 0.419. The van der Waals surface area contributed by atoms with Crippen molar-refractivity contribution in [2.24, 2.45) is 0 Å². The van der Waals surface area contributed by atoms with Gasteiger partial charge in [-0.05, 0) is 42.0 Å². The van der Waals surface area contributed by atoms with E-state index in [1.807, 2.05) is 0 Å². The van der Waals surface area contributed by atoms with E-state index in [2.05, 4.69) is 10.1 Å². The van der Waals surface area contributed by atoms with E-state index in [-0.39, 0.29) is 5.69 Å². The van der Waals surface area contributed by atoms with Crippen LogP contribution in [0.2, 0.25) is 0 Å². The summed E-state index contributed by atoms with van der Waals surface area (Å²) in [6.07, 6.45) is 4.10. The molecule has 0 aliphatic heterocycles. The SMILES string of the molecule is OC(O)(O)C(O)(O)n1cc(-c2ccncc2)c(-c2ccc(F)cc2)n1. The van der Waals surface area contributed by atoms with Crippen molar-refractivity contribution < 1.29 is 29.9 Å². The van der Waals surface area contributed by atoms with Crippen molar-refractivity contribution in [3.8, 4) is 22.4 Å². The number of aromatic nitrogens is 3. The Morgan fingerprint density at radius 3 is 2.00 bits per heavy atom. The molecule has 0 unspecified atom stereocenters. The highest BCUT2D eigenvalue weighted by atomic mass is 19.1. The predicted molar refractivity (Wildman–Crippen MR) is 82.7 cm³/mol. The number of nitrogens with zero attached hydrogens (tertiary/aromatic N) is 3. The van der Waals surface area contributed by atoms with E-state index in [9.17, 15) is 14.6 Å². The fourth-order valence-corrected chi connectivity index (χ4v) is 2.25. The molecule has 8 nitrogen and oxygen atoms in total. The van der Waals surface area contributed by atoms with Crippen molar-refractivity contribution in [2.75, 3.05) is 0 Å². The topological polar surface area (TPSA) is 132 Å². The maximum absolute atomic E-state index is 13.2. The normalized spacial score (nSPS) is 12.4. The van der Waals surface area contributed by atoms with E-state index < -0.39 is 17.7 Å². The third-order valence-electron chi connectivity index (χ3n) is 3.59. The number of aliphatic hydroxyl groups is 5.